The van der Waals surface area contributed by atoms with Crippen molar-refractivity contribution < 1.29 is 4.74 Å². The molecule has 2 rings (SSSR count). The third-order valence-corrected chi connectivity index (χ3v) is 2.86. The summed E-state index contributed by atoms with van der Waals surface area (Å²) in [4.78, 5) is 0. The second-order valence-electron chi connectivity index (χ2n) is 4.79. The average molecular weight is 245 g/mol. The number of methoxy groups -OCH3 is 1. The smallest absolute Gasteiger partial charge is 0.153 e. The minimum atomic E-state index is 0.552. The lowest BCUT2D eigenvalue weighted by Gasteiger charge is -2.07. The molecule has 0 saturated heterocycles. The molecule has 0 unspecified atom stereocenters. The average Bonchev–Trinajstić information content (AvgIpc) is 2.70. The van der Waals surface area contributed by atoms with Gasteiger partial charge in [0.1, 0.15) is 5.75 Å². The predicted octanol–water partition coefficient (Wildman–Crippen LogP) is 2.87. The molecule has 0 saturated carbocycles. The van der Waals surface area contributed by atoms with Gasteiger partial charge >= 0.3 is 0 Å². The van der Waals surface area contributed by atoms with Crippen LogP contribution >= 0.6 is 0 Å². The maximum atomic E-state index is 5.95. The Kier molecular flexibility index (Phi) is 3.55. The van der Waals surface area contributed by atoms with Crippen molar-refractivity contribution >= 4 is 5.82 Å². The van der Waals surface area contributed by atoms with Gasteiger partial charge in [0, 0.05) is 11.3 Å². The molecule has 0 amide bonds. The molecular formula is C14H19N3O. The maximum Gasteiger partial charge on any atom is 0.153 e. The quantitative estimate of drug-likeness (QED) is 0.870. The monoisotopic (exact) mass is 245 g/mol. The first-order chi connectivity index (χ1) is 8.61. The maximum absolute atomic E-state index is 5.95. The molecule has 0 aliphatic rings. The third kappa shape index (κ3) is 2.47. The molecule has 2 aromatic rings. The van der Waals surface area contributed by atoms with Crippen LogP contribution in [0.25, 0.3) is 11.1 Å². The SMILES string of the molecule is COc1ccc(-c2c(N)n[nH]c2CC(C)C)cc1. The lowest BCUT2D eigenvalue weighted by Crippen LogP contribution is -1.97. The molecule has 4 nitrogen and oxygen atoms in total. The predicted molar refractivity (Wildman–Crippen MR) is 73.5 cm³/mol. The summed E-state index contributed by atoms with van der Waals surface area (Å²) in [5.74, 6) is 1.95. The number of H-pyrrole nitrogens is 1. The molecule has 18 heavy (non-hydrogen) atoms. The van der Waals surface area contributed by atoms with E-state index in [0.717, 1.165) is 29.0 Å². The van der Waals surface area contributed by atoms with Gasteiger partial charge in [0.25, 0.3) is 0 Å². The van der Waals surface area contributed by atoms with E-state index in [9.17, 15) is 0 Å². The molecular weight excluding hydrogens is 226 g/mol. The number of aromatic amines is 1. The summed E-state index contributed by atoms with van der Waals surface area (Å²) in [6, 6.07) is 7.87. The molecule has 0 bridgehead atoms. The summed E-state index contributed by atoms with van der Waals surface area (Å²) in [6.07, 6.45) is 0.936. The van der Waals surface area contributed by atoms with Crippen LogP contribution in [0.3, 0.4) is 0 Å². The van der Waals surface area contributed by atoms with E-state index in [-0.39, 0.29) is 0 Å². The summed E-state index contributed by atoms with van der Waals surface area (Å²) in [5, 5.41) is 7.14. The van der Waals surface area contributed by atoms with Crippen LogP contribution in [0.2, 0.25) is 0 Å². The Bertz CT molecular complexity index is 514. The van der Waals surface area contributed by atoms with Gasteiger partial charge in [-0.2, -0.15) is 5.10 Å². The van der Waals surface area contributed by atoms with Crippen LogP contribution in [0.4, 0.5) is 5.82 Å². The van der Waals surface area contributed by atoms with Crippen molar-refractivity contribution in [1.29, 1.82) is 0 Å². The number of ether oxygens (including phenoxy) is 1. The van der Waals surface area contributed by atoms with Crippen molar-refractivity contribution in [1.82, 2.24) is 10.2 Å². The van der Waals surface area contributed by atoms with Crippen LogP contribution in [-0.2, 0) is 6.42 Å². The van der Waals surface area contributed by atoms with Gasteiger partial charge in [0.05, 0.1) is 7.11 Å². The summed E-state index contributed by atoms with van der Waals surface area (Å²) in [5.41, 5.74) is 9.11. The van der Waals surface area contributed by atoms with E-state index in [1.54, 1.807) is 7.11 Å². The number of nitrogens with one attached hydrogen (secondary N) is 1. The van der Waals surface area contributed by atoms with E-state index >= 15 is 0 Å². The Morgan fingerprint density at radius 3 is 2.50 bits per heavy atom. The fourth-order valence-electron chi connectivity index (χ4n) is 2.03. The molecule has 0 atom stereocenters. The standard InChI is InChI=1S/C14H19N3O/c1-9(2)8-12-13(14(15)17-16-12)10-4-6-11(18-3)7-5-10/h4-7,9H,8H2,1-3H3,(H3,15,16,17). The van der Waals surface area contributed by atoms with E-state index in [1.165, 1.54) is 0 Å². The van der Waals surface area contributed by atoms with Crippen LogP contribution in [0.5, 0.6) is 5.75 Å². The largest absolute Gasteiger partial charge is 0.497 e. The van der Waals surface area contributed by atoms with Crippen molar-refractivity contribution in [2.24, 2.45) is 5.92 Å². The van der Waals surface area contributed by atoms with Gasteiger partial charge in [-0.3, -0.25) is 5.10 Å². The molecule has 0 aliphatic carbocycles. The molecule has 3 N–H and O–H groups in total. The molecule has 0 spiro atoms. The normalized spacial score (nSPS) is 10.9. The zero-order chi connectivity index (χ0) is 13.1. The number of rotatable bonds is 4. The van der Waals surface area contributed by atoms with Crippen LogP contribution < -0.4 is 10.5 Å². The number of nitrogens with zero attached hydrogens (tertiary/aromatic N) is 1. The van der Waals surface area contributed by atoms with E-state index in [0.29, 0.717) is 11.7 Å². The number of nitrogens with two attached hydrogens (primary N) is 1. The minimum absolute atomic E-state index is 0.552. The first-order valence-electron chi connectivity index (χ1n) is 6.09. The van der Waals surface area contributed by atoms with Crippen LogP contribution in [0, 0.1) is 5.92 Å². The van der Waals surface area contributed by atoms with Gasteiger partial charge in [-0.15, -0.1) is 0 Å². The van der Waals surface area contributed by atoms with Gasteiger partial charge in [0.15, 0.2) is 5.82 Å². The molecule has 1 heterocycles. The fourth-order valence-corrected chi connectivity index (χ4v) is 2.03. The molecule has 1 aromatic heterocycles. The highest BCUT2D eigenvalue weighted by molar-refractivity contribution is 5.76. The third-order valence-electron chi connectivity index (χ3n) is 2.86. The highest BCUT2D eigenvalue weighted by Gasteiger charge is 2.13. The van der Waals surface area contributed by atoms with Gasteiger partial charge < -0.3 is 10.5 Å². The number of aromatic nitrogens is 2. The van der Waals surface area contributed by atoms with E-state index < -0.39 is 0 Å². The Morgan fingerprint density at radius 1 is 1.28 bits per heavy atom. The highest BCUT2D eigenvalue weighted by atomic mass is 16.5. The molecule has 96 valence electrons. The first kappa shape index (κ1) is 12.5. The van der Waals surface area contributed by atoms with Crippen molar-refractivity contribution in [3.05, 3.63) is 30.0 Å². The second kappa shape index (κ2) is 5.12. The summed E-state index contributed by atoms with van der Waals surface area (Å²) < 4.78 is 5.16. The van der Waals surface area contributed by atoms with E-state index in [1.807, 2.05) is 24.3 Å². The molecule has 0 fully saturated rings. The van der Waals surface area contributed by atoms with Crippen molar-refractivity contribution in [2.45, 2.75) is 20.3 Å². The zero-order valence-corrected chi connectivity index (χ0v) is 11.0. The van der Waals surface area contributed by atoms with Crippen molar-refractivity contribution in [2.75, 3.05) is 12.8 Å². The van der Waals surface area contributed by atoms with E-state index in [4.69, 9.17) is 10.5 Å². The molecule has 1 aromatic carbocycles. The fraction of sp³-hybridized carbons (Fsp3) is 0.357. The minimum Gasteiger partial charge on any atom is -0.497 e. The molecule has 0 aliphatic heterocycles. The molecule has 4 heteroatoms. The Balaban J connectivity index is 2.39. The van der Waals surface area contributed by atoms with Gasteiger partial charge in [-0.1, -0.05) is 26.0 Å². The Morgan fingerprint density at radius 2 is 1.94 bits per heavy atom. The number of nitrogen functional groups attached to an aromatic ring is 1. The number of anilines is 1. The first-order valence-corrected chi connectivity index (χ1v) is 6.09. The summed E-state index contributed by atoms with van der Waals surface area (Å²) >= 11 is 0. The topological polar surface area (TPSA) is 63.9 Å². The zero-order valence-electron chi connectivity index (χ0n) is 11.0. The highest BCUT2D eigenvalue weighted by Crippen LogP contribution is 2.30. The van der Waals surface area contributed by atoms with Gasteiger partial charge in [0.2, 0.25) is 0 Å². The van der Waals surface area contributed by atoms with Crippen LogP contribution in [0.15, 0.2) is 24.3 Å². The van der Waals surface area contributed by atoms with Crippen LogP contribution in [0.1, 0.15) is 19.5 Å². The van der Waals surface area contributed by atoms with E-state index in [2.05, 4.69) is 24.0 Å². The van der Waals surface area contributed by atoms with Gasteiger partial charge in [-0.25, -0.2) is 0 Å². The lowest BCUT2D eigenvalue weighted by atomic mass is 9.99. The van der Waals surface area contributed by atoms with Crippen molar-refractivity contribution in [3.63, 3.8) is 0 Å². The molecule has 0 radical (unpaired) electrons. The number of hydrogen-bond donors (Lipinski definition) is 2. The summed E-state index contributed by atoms with van der Waals surface area (Å²) in [6.45, 7) is 4.35. The number of hydrogen-bond acceptors (Lipinski definition) is 3. The second-order valence-corrected chi connectivity index (χ2v) is 4.79. The van der Waals surface area contributed by atoms with Crippen LogP contribution in [-0.4, -0.2) is 17.3 Å². The lowest BCUT2D eigenvalue weighted by molar-refractivity contribution is 0.415. The van der Waals surface area contributed by atoms with Gasteiger partial charge in [-0.05, 0) is 30.0 Å². The Labute approximate surface area is 107 Å². The Hall–Kier alpha value is -1.97. The number of benzene rings is 1. The van der Waals surface area contributed by atoms with Crippen molar-refractivity contribution in [3.8, 4) is 16.9 Å². The summed E-state index contributed by atoms with van der Waals surface area (Å²) in [7, 11) is 1.66.